The van der Waals surface area contributed by atoms with Crippen LogP contribution in [0, 0.1) is 0 Å². The molecule has 1 aliphatic heterocycles. The van der Waals surface area contributed by atoms with Gasteiger partial charge in [0.2, 0.25) is 0 Å². The van der Waals surface area contributed by atoms with Crippen molar-refractivity contribution in [2.24, 2.45) is 0 Å². The molecule has 92 valence electrons. The lowest BCUT2D eigenvalue weighted by atomic mass is 10.0. The smallest absolute Gasteiger partial charge is 0.303 e. The molecule has 0 aliphatic carbocycles. The van der Waals surface area contributed by atoms with E-state index >= 15 is 0 Å². The molecular weight excluding hydrogens is 219 g/mol. The Hall–Kier alpha value is -1.17. The molecule has 0 unspecified atom stereocenters. The van der Waals surface area contributed by atoms with Gasteiger partial charge in [-0.25, -0.2) is 4.39 Å². The van der Waals surface area contributed by atoms with Crippen LogP contribution >= 0.6 is 0 Å². The number of hydrogen-bond donors (Lipinski definition) is 0. The molecule has 1 fully saturated rings. The van der Waals surface area contributed by atoms with E-state index < -0.39 is 36.4 Å². The van der Waals surface area contributed by atoms with Gasteiger partial charge in [-0.3, -0.25) is 9.59 Å². The highest BCUT2D eigenvalue weighted by Crippen LogP contribution is 2.23. The SMILES string of the molecule is CC(=O)O[C@@H]1[C@H](OC(C)=O)[C@H](C)OC[C@@H]1F. The summed E-state index contributed by atoms with van der Waals surface area (Å²) in [6.07, 6.45) is -3.97. The maximum Gasteiger partial charge on any atom is 0.303 e. The zero-order valence-electron chi connectivity index (χ0n) is 9.44. The third-order valence-corrected chi connectivity index (χ3v) is 2.27. The van der Waals surface area contributed by atoms with E-state index in [1.165, 1.54) is 13.8 Å². The maximum atomic E-state index is 13.5. The molecule has 5 nitrogen and oxygen atoms in total. The lowest BCUT2D eigenvalue weighted by Gasteiger charge is -2.36. The lowest BCUT2D eigenvalue weighted by Crippen LogP contribution is -2.53. The van der Waals surface area contributed by atoms with Crippen molar-refractivity contribution < 1.29 is 28.2 Å². The topological polar surface area (TPSA) is 61.8 Å². The summed E-state index contributed by atoms with van der Waals surface area (Å²) in [4.78, 5) is 21.7. The molecule has 0 spiro atoms. The van der Waals surface area contributed by atoms with Crippen LogP contribution in [0.1, 0.15) is 20.8 Å². The van der Waals surface area contributed by atoms with Crippen LogP contribution in [0.25, 0.3) is 0 Å². The Labute approximate surface area is 92.8 Å². The summed E-state index contributed by atoms with van der Waals surface area (Å²) in [5.74, 6) is -1.18. The normalized spacial score (nSPS) is 34.2. The predicted molar refractivity (Wildman–Crippen MR) is 51.4 cm³/mol. The highest BCUT2D eigenvalue weighted by Gasteiger charge is 2.43. The predicted octanol–water partition coefficient (Wildman–Crippen LogP) is 0.607. The van der Waals surface area contributed by atoms with Gasteiger partial charge in [-0.15, -0.1) is 0 Å². The molecule has 1 aliphatic rings. The van der Waals surface area contributed by atoms with Crippen LogP contribution in [0.5, 0.6) is 0 Å². The zero-order chi connectivity index (χ0) is 12.3. The first-order valence-electron chi connectivity index (χ1n) is 5.02. The Bertz CT molecular complexity index is 252. The minimum atomic E-state index is -1.48. The molecule has 0 amide bonds. The molecule has 4 atom stereocenters. The molecule has 1 rings (SSSR count). The number of carbonyl (C=O) groups excluding carboxylic acids is 2. The van der Waals surface area contributed by atoms with Crippen molar-refractivity contribution in [2.45, 2.75) is 45.3 Å². The number of ether oxygens (including phenoxy) is 3. The van der Waals surface area contributed by atoms with Crippen molar-refractivity contribution >= 4 is 11.9 Å². The molecule has 0 N–H and O–H groups in total. The lowest BCUT2D eigenvalue weighted by molar-refractivity contribution is -0.205. The Morgan fingerprint density at radius 1 is 1.19 bits per heavy atom. The van der Waals surface area contributed by atoms with Crippen LogP contribution in [0.3, 0.4) is 0 Å². The number of alkyl halides is 1. The van der Waals surface area contributed by atoms with Gasteiger partial charge in [0.25, 0.3) is 0 Å². The van der Waals surface area contributed by atoms with Crippen LogP contribution in [0.2, 0.25) is 0 Å². The number of carbonyl (C=O) groups is 2. The van der Waals surface area contributed by atoms with Gasteiger partial charge in [-0.05, 0) is 6.92 Å². The first kappa shape index (κ1) is 12.9. The third-order valence-electron chi connectivity index (χ3n) is 2.27. The van der Waals surface area contributed by atoms with Crippen LogP contribution in [-0.4, -0.2) is 43.0 Å². The first-order valence-corrected chi connectivity index (χ1v) is 5.02. The van der Waals surface area contributed by atoms with E-state index in [0.717, 1.165) is 0 Å². The van der Waals surface area contributed by atoms with E-state index in [9.17, 15) is 14.0 Å². The Balaban J connectivity index is 2.76. The summed E-state index contributed by atoms with van der Waals surface area (Å²) < 4.78 is 28.3. The average molecular weight is 234 g/mol. The summed E-state index contributed by atoms with van der Waals surface area (Å²) in [5.41, 5.74) is 0. The van der Waals surface area contributed by atoms with Gasteiger partial charge in [-0.2, -0.15) is 0 Å². The van der Waals surface area contributed by atoms with E-state index in [4.69, 9.17) is 14.2 Å². The number of esters is 2. The van der Waals surface area contributed by atoms with Crippen LogP contribution in [0.15, 0.2) is 0 Å². The fourth-order valence-corrected chi connectivity index (χ4v) is 1.59. The monoisotopic (exact) mass is 234 g/mol. The van der Waals surface area contributed by atoms with Gasteiger partial charge in [-0.1, -0.05) is 0 Å². The third kappa shape index (κ3) is 3.16. The second kappa shape index (κ2) is 5.25. The van der Waals surface area contributed by atoms with Crippen LogP contribution < -0.4 is 0 Å². The largest absolute Gasteiger partial charge is 0.456 e. The van der Waals surface area contributed by atoms with Crippen molar-refractivity contribution in [1.82, 2.24) is 0 Å². The highest BCUT2D eigenvalue weighted by atomic mass is 19.1. The summed E-state index contributed by atoms with van der Waals surface area (Å²) in [7, 11) is 0. The Morgan fingerprint density at radius 2 is 1.69 bits per heavy atom. The summed E-state index contributed by atoms with van der Waals surface area (Å²) in [6.45, 7) is 3.85. The fourth-order valence-electron chi connectivity index (χ4n) is 1.59. The standard InChI is InChI=1S/C10H15FO5/c1-5-9(15-6(2)12)10(16-7(3)13)8(11)4-14-5/h5,8-10H,4H2,1-3H3/t5-,8-,9+,10-/m0/s1. The van der Waals surface area contributed by atoms with Gasteiger partial charge < -0.3 is 14.2 Å². The molecule has 1 saturated heterocycles. The molecular formula is C10H15FO5. The van der Waals surface area contributed by atoms with E-state index in [1.807, 2.05) is 0 Å². The van der Waals surface area contributed by atoms with Gasteiger partial charge >= 0.3 is 11.9 Å². The highest BCUT2D eigenvalue weighted by molar-refractivity contribution is 5.67. The molecule has 0 radical (unpaired) electrons. The van der Waals surface area contributed by atoms with Gasteiger partial charge in [0, 0.05) is 13.8 Å². The summed E-state index contributed by atoms with van der Waals surface area (Å²) >= 11 is 0. The van der Waals surface area contributed by atoms with E-state index in [2.05, 4.69) is 0 Å². The number of hydrogen-bond acceptors (Lipinski definition) is 5. The summed E-state index contributed by atoms with van der Waals surface area (Å²) in [6, 6.07) is 0. The quantitative estimate of drug-likeness (QED) is 0.655. The molecule has 0 aromatic heterocycles. The fraction of sp³-hybridized carbons (Fsp3) is 0.800. The zero-order valence-corrected chi connectivity index (χ0v) is 9.44. The Kier molecular flexibility index (Phi) is 4.23. The average Bonchev–Trinajstić information content (AvgIpc) is 2.16. The second-order valence-corrected chi connectivity index (χ2v) is 3.70. The van der Waals surface area contributed by atoms with Crippen molar-refractivity contribution in [1.29, 1.82) is 0 Å². The van der Waals surface area contributed by atoms with Gasteiger partial charge in [0.15, 0.2) is 18.4 Å². The minimum absolute atomic E-state index is 0.170. The summed E-state index contributed by atoms with van der Waals surface area (Å²) in [5, 5.41) is 0. The molecule has 0 saturated carbocycles. The van der Waals surface area contributed by atoms with Crippen LogP contribution in [0.4, 0.5) is 4.39 Å². The first-order chi connectivity index (χ1) is 7.41. The van der Waals surface area contributed by atoms with Gasteiger partial charge in [0.1, 0.15) is 0 Å². The van der Waals surface area contributed by atoms with Crippen molar-refractivity contribution in [2.75, 3.05) is 6.61 Å². The van der Waals surface area contributed by atoms with Crippen molar-refractivity contribution in [3.8, 4) is 0 Å². The van der Waals surface area contributed by atoms with E-state index in [0.29, 0.717) is 0 Å². The minimum Gasteiger partial charge on any atom is -0.456 e. The van der Waals surface area contributed by atoms with Crippen molar-refractivity contribution in [3.63, 3.8) is 0 Å². The second-order valence-electron chi connectivity index (χ2n) is 3.70. The number of halogens is 1. The van der Waals surface area contributed by atoms with Gasteiger partial charge in [0.05, 0.1) is 12.7 Å². The molecule has 0 bridgehead atoms. The molecule has 0 aromatic carbocycles. The molecule has 16 heavy (non-hydrogen) atoms. The van der Waals surface area contributed by atoms with Crippen molar-refractivity contribution in [3.05, 3.63) is 0 Å². The van der Waals surface area contributed by atoms with E-state index in [1.54, 1.807) is 6.92 Å². The molecule has 1 heterocycles. The number of rotatable bonds is 2. The molecule has 0 aromatic rings. The maximum absolute atomic E-state index is 13.5. The van der Waals surface area contributed by atoms with Crippen LogP contribution in [-0.2, 0) is 23.8 Å². The Morgan fingerprint density at radius 3 is 2.19 bits per heavy atom. The molecule has 6 heteroatoms. The van der Waals surface area contributed by atoms with E-state index in [-0.39, 0.29) is 6.61 Å².